The first-order valence-electron chi connectivity index (χ1n) is 6.42. The molecule has 2 rings (SSSR count). The van der Waals surface area contributed by atoms with E-state index in [-0.39, 0.29) is 5.54 Å². The third-order valence-corrected chi connectivity index (χ3v) is 4.16. The lowest BCUT2D eigenvalue weighted by atomic mass is 9.80. The van der Waals surface area contributed by atoms with Gasteiger partial charge in [0.2, 0.25) is 0 Å². The summed E-state index contributed by atoms with van der Waals surface area (Å²) in [6.45, 7) is 1.56. The SMILES string of the molecule is CN(Cc1ncnn1C)C1(CN)CCCCC1. The van der Waals surface area contributed by atoms with Gasteiger partial charge in [0.25, 0.3) is 0 Å². The van der Waals surface area contributed by atoms with Gasteiger partial charge in [-0.15, -0.1) is 0 Å². The fourth-order valence-electron chi connectivity index (χ4n) is 2.79. The third-order valence-electron chi connectivity index (χ3n) is 4.16. The van der Waals surface area contributed by atoms with E-state index >= 15 is 0 Å². The van der Waals surface area contributed by atoms with Gasteiger partial charge in [0.1, 0.15) is 12.2 Å². The van der Waals surface area contributed by atoms with Crippen LogP contribution in [-0.4, -0.2) is 38.8 Å². The molecule has 0 spiro atoms. The standard InChI is InChI=1S/C12H23N5/c1-16(8-11-14-10-15-17(11)2)12(9-13)6-4-3-5-7-12/h10H,3-9,13H2,1-2H3. The summed E-state index contributed by atoms with van der Waals surface area (Å²) in [7, 11) is 4.10. The average Bonchev–Trinajstić information content (AvgIpc) is 2.76. The summed E-state index contributed by atoms with van der Waals surface area (Å²) in [4.78, 5) is 6.66. The van der Waals surface area contributed by atoms with Crippen molar-refractivity contribution in [2.75, 3.05) is 13.6 Å². The van der Waals surface area contributed by atoms with Gasteiger partial charge in [0.05, 0.1) is 6.54 Å². The Balaban J connectivity index is 2.07. The van der Waals surface area contributed by atoms with Crippen molar-refractivity contribution in [3.63, 3.8) is 0 Å². The first-order chi connectivity index (χ1) is 8.18. The van der Waals surface area contributed by atoms with Gasteiger partial charge in [0.15, 0.2) is 0 Å². The van der Waals surface area contributed by atoms with Gasteiger partial charge >= 0.3 is 0 Å². The molecular weight excluding hydrogens is 214 g/mol. The maximum absolute atomic E-state index is 6.02. The van der Waals surface area contributed by atoms with Crippen LogP contribution in [0.5, 0.6) is 0 Å². The van der Waals surface area contributed by atoms with Crippen LogP contribution < -0.4 is 5.73 Å². The topological polar surface area (TPSA) is 60.0 Å². The lowest BCUT2D eigenvalue weighted by Crippen LogP contribution is -2.53. The van der Waals surface area contributed by atoms with Gasteiger partial charge in [-0.1, -0.05) is 19.3 Å². The summed E-state index contributed by atoms with van der Waals surface area (Å²) in [5.74, 6) is 1.01. The number of likely N-dealkylation sites (N-methyl/N-ethyl adjacent to an activating group) is 1. The fraction of sp³-hybridized carbons (Fsp3) is 0.833. The Bertz CT molecular complexity index is 354. The van der Waals surface area contributed by atoms with Gasteiger partial charge in [0, 0.05) is 19.1 Å². The Morgan fingerprint density at radius 2 is 2.12 bits per heavy atom. The zero-order valence-corrected chi connectivity index (χ0v) is 10.9. The molecule has 96 valence electrons. The van der Waals surface area contributed by atoms with Crippen LogP contribution >= 0.6 is 0 Å². The summed E-state index contributed by atoms with van der Waals surface area (Å²) in [6.07, 6.45) is 7.95. The molecule has 1 fully saturated rings. The Morgan fingerprint density at radius 3 is 2.65 bits per heavy atom. The molecule has 1 aromatic heterocycles. The first-order valence-corrected chi connectivity index (χ1v) is 6.42. The fourth-order valence-corrected chi connectivity index (χ4v) is 2.79. The molecule has 0 radical (unpaired) electrons. The summed E-state index contributed by atoms with van der Waals surface area (Å²) >= 11 is 0. The van der Waals surface area contributed by atoms with E-state index in [1.807, 2.05) is 11.7 Å². The monoisotopic (exact) mass is 237 g/mol. The zero-order valence-electron chi connectivity index (χ0n) is 10.9. The van der Waals surface area contributed by atoms with Crippen LogP contribution in [0.4, 0.5) is 0 Å². The van der Waals surface area contributed by atoms with Crippen molar-refractivity contribution in [3.8, 4) is 0 Å². The molecule has 0 saturated heterocycles. The van der Waals surface area contributed by atoms with Gasteiger partial charge in [-0.2, -0.15) is 5.10 Å². The quantitative estimate of drug-likeness (QED) is 0.845. The van der Waals surface area contributed by atoms with E-state index in [2.05, 4.69) is 22.0 Å². The van der Waals surface area contributed by atoms with E-state index in [1.54, 1.807) is 6.33 Å². The Hall–Kier alpha value is -0.940. The molecule has 0 amide bonds. The molecule has 5 heteroatoms. The summed E-state index contributed by atoms with van der Waals surface area (Å²) in [5, 5.41) is 4.11. The third kappa shape index (κ3) is 2.50. The molecule has 0 aliphatic heterocycles. The lowest BCUT2D eigenvalue weighted by Gasteiger charge is -2.43. The van der Waals surface area contributed by atoms with E-state index in [9.17, 15) is 0 Å². The van der Waals surface area contributed by atoms with Crippen LogP contribution in [0.15, 0.2) is 6.33 Å². The van der Waals surface area contributed by atoms with E-state index < -0.39 is 0 Å². The van der Waals surface area contributed by atoms with Crippen molar-refractivity contribution >= 4 is 0 Å². The highest BCUT2D eigenvalue weighted by Gasteiger charge is 2.34. The minimum Gasteiger partial charge on any atom is -0.329 e. The predicted molar refractivity (Wildman–Crippen MR) is 67.3 cm³/mol. The minimum atomic E-state index is 0.171. The number of hydrogen-bond acceptors (Lipinski definition) is 4. The Labute approximate surface area is 103 Å². The van der Waals surface area contributed by atoms with E-state index in [0.717, 1.165) is 18.9 Å². The van der Waals surface area contributed by atoms with Crippen molar-refractivity contribution in [2.45, 2.75) is 44.2 Å². The second-order valence-corrected chi connectivity index (χ2v) is 5.15. The van der Waals surface area contributed by atoms with Crippen molar-refractivity contribution in [2.24, 2.45) is 12.8 Å². The van der Waals surface area contributed by atoms with Crippen molar-refractivity contribution < 1.29 is 0 Å². The van der Waals surface area contributed by atoms with Gasteiger partial charge in [-0.3, -0.25) is 9.58 Å². The Morgan fingerprint density at radius 1 is 1.41 bits per heavy atom. The number of aromatic nitrogens is 3. The van der Waals surface area contributed by atoms with Crippen molar-refractivity contribution in [3.05, 3.63) is 12.2 Å². The number of nitrogens with two attached hydrogens (primary N) is 1. The summed E-state index contributed by atoms with van der Waals surface area (Å²) in [5.41, 5.74) is 6.19. The zero-order chi connectivity index (χ0) is 12.3. The minimum absolute atomic E-state index is 0.171. The maximum Gasteiger partial charge on any atom is 0.140 e. The highest BCUT2D eigenvalue weighted by Crippen LogP contribution is 2.32. The molecule has 1 heterocycles. The number of hydrogen-bond donors (Lipinski definition) is 1. The molecule has 2 N–H and O–H groups in total. The van der Waals surface area contributed by atoms with Crippen LogP contribution in [0.2, 0.25) is 0 Å². The lowest BCUT2D eigenvalue weighted by molar-refractivity contribution is 0.0725. The number of aryl methyl sites for hydroxylation is 1. The highest BCUT2D eigenvalue weighted by molar-refractivity contribution is 4.95. The van der Waals surface area contributed by atoms with Gasteiger partial charge in [-0.25, -0.2) is 4.98 Å². The van der Waals surface area contributed by atoms with E-state index in [1.165, 1.54) is 32.1 Å². The molecule has 1 aromatic rings. The summed E-state index contributed by atoms with van der Waals surface area (Å²) in [6, 6.07) is 0. The van der Waals surface area contributed by atoms with Crippen LogP contribution in [0.25, 0.3) is 0 Å². The second-order valence-electron chi connectivity index (χ2n) is 5.15. The molecule has 0 atom stereocenters. The van der Waals surface area contributed by atoms with Gasteiger partial charge in [-0.05, 0) is 19.9 Å². The smallest absolute Gasteiger partial charge is 0.140 e. The normalized spacial score (nSPS) is 19.8. The molecule has 1 aliphatic rings. The number of nitrogens with zero attached hydrogens (tertiary/aromatic N) is 4. The van der Waals surface area contributed by atoms with Crippen molar-refractivity contribution in [1.82, 2.24) is 19.7 Å². The molecular formula is C12H23N5. The van der Waals surface area contributed by atoms with E-state index in [4.69, 9.17) is 5.73 Å². The van der Waals surface area contributed by atoms with Gasteiger partial charge < -0.3 is 5.73 Å². The average molecular weight is 237 g/mol. The first kappa shape index (κ1) is 12.5. The molecule has 1 aliphatic carbocycles. The van der Waals surface area contributed by atoms with Crippen LogP contribution in [-0.2, 0) is 13.6 Å². The molecule has 0 aromatic carbocycles. The largest absolute Gasteiger partial charge is 0.329 e. The molecule has 5 nitrogen and oxygen atoms in total. The molecule has 0 unspecified atom stereocenters. The number of rotatable bonds is 4. The maximum atomic E-state index is 6.02. The predicted octanol–water partition coefficient (Wildman–Crippen LogP) is 0.908. The van der Waals surface area contributed by atoms with Crippen molar-refractivity contribution in [1.29, 1.82) is 0 Å². The van der Waals surface area contributed by atoms with Crippen LogP contribution in [0, 0.1) is 0 Å². The second kappa shape index (κ2) is 5.14. The van der Waals surface area contributed by atoms with E-state index in [0.29, 0.717) is 0 Å². The van der Waals surface area contributed by atoms with Crippen LogP contribution in [0.3, 0.4) is 0 Å². The van der Waals surface area contributed by atoms with Crippen LogP contribution in [0.1, 0.15) is 37.9 Å². The highest BCUT2D eigenvalue weighted by atomic mass is 15.3. The molecule has 1 saturated carbocycles. The molecule has 0 bridgehead atoms. The Kier molecular flexibility index (Phi) is 3.79. The molecule has 17 heavy (non-hydrogen) atoms. The summed E-state index contributed by atoms with van der Waals surface area (Å²) < 4.78 is 1.84.